The molecule has 0 unspecified atom stereocenters. The summed E-state index contributed by atoms with van der Waals surface area (Å²) in [6, 6.07) is 5.72. The second-order valence-electron chi connectivity index (χ2n) is 7.77. The van der Waals surface area contributed by atoms with Crippen LogP contribution in [0.1, 0.15) is 29.2 Å². The van der Waals surface area contributed by atoms with Gasteiger partial charge in [0.15, 0.2) is 0 Å². The molecule has 13 heteroatoms. The van der Waals surface area contributed by atoms with Gasteiger partial charge in [0.05, 0.1) is 0 Å². The Hall–Kier alpha value is -2.35. The monoisotopic (exact) mass is 470 g/mol. The molecular weight excluding hydrogens is 455 g/mol. The molecule has 2 aliphatic heterocycles. The lowest BCUT2D eigenvalue weighted by Crippen LogP contribution is -2.54. The van der Waals surface area contributed by atoms with E-state index in [1.807, 2.05) is 10.9 Å². The molecule has 2 aliphatic rings. The van der Waals surface area contributed by atoms with Crippen LogP contribution in [0.3, 0.4) is 0 Å². The zero-order chi connectivity index (χ0) is 23.8. The third kappa shape index (κ3) is 3.17. The van der Waals surface area contributed by atoms with Gasteiger partial charge in [-0.15, -0.1) is 0 Å². The fourth-order valence-corrected chi connectivity index (χ4v) is 3.76. The van der Waals surface area contributed by atoms with Crippen LogP contribution in [-0.4, -0.2) is 18.5 Å². The first kappa shape index (κ1) is 22.8. The van der Waals surface area contributed by atoms with Gasteiger partial charge in [-0.05, 0) is 29.2 Å². The molecule has 0 bridgehead atoms. The van der Waals surface area contributed by atoms with Gasteiger partial charge in [-0.25, -0.2) is 21.7 Å². The largest absolute Gasteiger partial charge is 0.426 e. The van der Waals surface area contributed by atoms with E-state index < -0.39 is 52.0 Å². The van der Waals surface area contributed by atoms with E-state index in [4.69, 9.17) is 0 Å². The molecule has 0 atom stereocenters. The summed E-state index contributed by atoms with van der Waals surface area (Å²) in [7, 11) is 0. The molecule has 0 amide bonds. The minimum absolute atomic E-state index is 0.410. The lowest BCUT2D eigenvalue weighted by molar-refractivity contribution is -0.288. The topological polar surface area (TPSA) is 87.8 Å². The Morgan fingerprint density at radius 1 is 0.562 bits per heavy atom. The van der Waals surface area contributed by atoms with E-state index in [9.17, 15) is 39.5 Å². The van der Waals surface area contributed by atoms with Crippen molar-refractivity contribution in [3.63, 3.8) is 0 Å². The smallest absolute Gasteiger partial charge is 0.231 e. The van der Waals surface area contributed by atoms with Crippen molar-refractivity contribution in [3.8, 4) is 0 Å². The zero-order valence-electron chi connectivity index (χ0n) is 16.0. The Kier molecular flexibility index (Phi) is 4.70. The second kappa shape index (κ2) is 6.59. The number of benzene rings is 2. The summed E-state index contributed by atoms with van der Waals surface area (Å²) in [5, 5.41) is 0. The van der Waals surface area contributed by atoms with Gasteiger partial charge in [-0.2, -0.15) is 39.5 Å². The number of hydrogen-bond donors (Lipinski definition) is 4. The van der Waals surface area contributed by atoms with Gasteiger partial charge >= 0.3 is 18.5 Å². The lowest BCUT2D eigenvalue weighted by Gasteiger charge is -2.38. The minimum Gasteiger partial charge on any atom is -0.231 e. The summed E-state index contributed by atoms with van der Waals surface area (Å²) in [4.78, 5) is 0. The molecule has 2 aromatic rings. The number of hydrogen-bond acceptors (Lipinski definition) is 4. The van der Waals surface area contributed by atoms with Crippen molar-refractivity contribution in [1.82, 2.24) is 21.7 Å². The van der Waals surface area contributed by atoms with Gasteiger partial charge in [0.25, 0.3) is 0 Å². The van der Waals surface area contributed by atoms with E-state index in [1.54, 1.807) is 6.92 Å². The van der Waals surface area contributed by atoms with Crippen LogP contribution < -0.4 is 21.7 Å². The first-order valence-electron chi connectivity index (χ1n) is 9.09. The molecule has 0 aliphatic carbocycles. The Bertz CT molecular complexity index is 986. The summed E-state index contributed by atoms with van der Waals surface area (Å²) >= 11 is 0. The van der Waals surface area contributed by atoms with E-state index in [0.29, 0.717) is 29.8 Å². The van der Waals surface area contributed by atoms with Crippen LogP contribution in [0, 0.1) is 0 Å². The van der Waals surface area contributed by atoms with Crippen molar-refractivity contribution in [2.75, 3.05) is 0 Å². The summed E-state index contributed by atoms with van der Waals surface area (Å²) in [5.41, 5.74) is -1.31. The van der Waals surface area contributed by atoms with Gasteiger partial charge in [0.2, 0.25) is 11.1 Å². The molecule has 4 nitrogen and oxygen atoms in total. The van der Waals surface area contributed by atoms with Gasteiger partial charge in [0.1, 0.15) is 5.66 Å². The number of alkyl halides is 9. The maximum absolute atomic E-state index is 14.2. The van der Waals surface area contributed by atoms with Crippen LogP contribution in [0.25, 0.3) is 0 Å². The summed E-state index contributed by atoms with van der Waals surface area (Å²) in [6.45, 7) is 1.64. The van der Waals surface area contributed by atoms with Crippen molar-refractivity contribution < 1.29 is 39.5 Å². The van der Waals surface area contributed by atoms with E-state index in [2.05, 4.69) is 10.9 Å². The predicted octanol–water partition coefficient (Wildman–Crippen LogP) is 4.20. The Labute approximate surface area is 175 Å². The number of nitrogens with one attached hydrogen (secondary N) is 4. The molecule has 4 rings (SSSR count). The third-order valence-electron chi connectivity index (χ3n) is 5.80. The van der Waals surface area contributed by atoms with Crippen molar-refractivity contribution in [2.24, 2.45) is 0 Å². The van der Waals surface area contributed by atoms with Crippen LogP contribution in [-0.2, 0) is 16.7 Å². The summed E-state index contributed by atoms with van der Waals surface area (Å²) < 4.78 is 125. The van der Waals surface area contributed by atoms with Crippen LogP contribution >= 0.6 is 0 Å². The highest BCUT2D eigenvalue weighted by Crippen LogP contribution is 2.56. The molecule has 2 saturated heterocycles. The highest BCUT2D eigenvalue weighted by molar-refractivity contribution is 5.47. The molecule has 0 saturated carbocycles. The van der Waals surface area contributed by atoms with Crippen LogP contribution in [0.4, 0.5) is 39.5 Å². The van der Waals surface area contributed by atoms with Crippen molar-refractivity contribution in [1.29, 1.82) is 0 Å². The van der Waals surface area contributed by atoms with E-state index in [1.165, 1.54) is 0 Å². The highest BCUT2D eigenvalue weighted by atomic mass is 19.4. The van der Waals surface area contributed by atoms with E-state index in [-0.39, 0.29) is 0 Å². The summed E-state index contributed by atoms with van der Waals surface area (Å²) in [6.07, 6.45) is -16.5. The Balaban J connectivity index is 1.85. The van der Waals surface area contributed by atoms with Crippen molar-refractivity contribution in [2.45, 2.75) is 42.2 Å². The van der Waals surface area contributed by atoms with Crippen molar-refractivity contribution in [3.05, 3.63) is 70.8 Å². The third-order valence-corrected chi connectivity index (χ3v) is 5.80. The molecule has 2 heterocycles. The number of halogens is 9. The Morgan fingerprint density at radius 3 is 1.22 bits per heavy atom. The molecular formula is C19H15F9N4. The first-order chi connectivity index (χ1) is 14.6. The lowest BCUT2D eigenvalue weighted by atomic mass is 9.72. The predicted molar refractivity (Wildman–Crippen MR) is 93.4 cm³/mol. The van der Waals surface area contributed by atoms with Gasteiger partial charge in [-0.3, -0.25) is 0 Å². The maximum atomic E-state index is 14.2. The summed E-state index contributed by atoms with van der Waals surface area (Å²) in [5.74, 6) is 0. The SMILES string of the molecule is CC1(c2ccc(C(c3ccc(C4(C(F)(F)F)NN4)cc3)(C(F)(F)F)C(F)(F)F)cc2)NN1. The molecule has 2 aromatic carbocycles. The number of rotatable bonds is 4. The first-order valence-corrected chi connectivity index (χ1v) is 9.09. The van der Waals surface area contributed by atoms with Crippen LogP contribution in [0.15, 0.2) is 48.5 Å². The quantitative estimate of drug-likeness (QED) is 0.399. The zero-order valence-corrected chi connectivity index (χ0v) is 16.0. The molecule has 2 fully saturated rings. The van der Waals surface area contributed by atoms with Gasteiger partial charge in [-0.1, -0.05) is 48.5 Å². The van der Waals surface area contributed by atoms with Crippen LogP contribution in [0.2, 0.25) is 0 Å². The van der Waals surface area contributed by atoms with Crippen molar-refractivity contribution >= 4 is 0 Å². The normalized spacial score (nSPS) is 20.2. The Morgan fingerprint density at radius 2 is 0.938 bits per heavy atom. The average Bonchev–Trinajstić information content (AvgIpc) is 3.57. The van der Waals surface area contributed by atoms with E-state index >= 15 is 0 Å². The standard InChI is InChI=1S/C19H15F9N4/c1-14(29-30-14)10-2-4-11(5-3-10)15(17(20,21)22,18(23,24)25)12-6-8-13(9-7-12)16(31-32-16)19(26,27)28/h2-9,29-32H,1H3. The molecule has 0 radical (unpaired) electrons. The van der Waals surface area contributed by atoms with Crippen LogP contribution in [0.5, 0.6) is 0 Å². The minimum atomic E-state index is -5.84. The second-order valence-corrected chi connectivity index (χ2v) is 7.77. The molecule has 0 spiro atoms. The van der Waals surface area contributed by atoms with Gasteiger partial charge < -0.3 is 0 Å². The number of hydrazine groups is 2. The van der Waals surface area contributed by atoms with Gasteiger partial charge in [0, 0.05) is 0 Å². The fourth-order valence-electron chi connectivity index (χ4n) is 3.76. The molecule has 32 heavy (non-hydrogen) atoms. The molecule has 0 aromatic heterocycles. The molecule has 174 valence electrons. The molecule has 4 N–H and O–H groups in total. The maximum Gasteiger partial charge on any atom is 0.426 e. The highest BCUT2D eigenvalue weighted by Gasteiger charge is 2.73. The van der Waals surface area contributed by atoms with E-state index in [0.717, 1.165) is 24.3 Å². The average molecular weight is 470 g/mol. The fraction of sp³-hybridized carbons (Fsp3) is 0.368.